The molecule has 0 bridgehead atoms. The van der Waals surface area contributed by atoms with Gasteiger partial charge in [0.25, 0.3) is 0 Å². The molecule has 3 rings (SSSR count). The summed E-state index contributed by atoms with van der Waals surface area (Å²) in [6.45, 7) is 3.66. The molecule has 50 heavy (non-hydrogen) atoms. The first-order valence-electron chi connectivity index (χ1n) is 16.2. The van der Waals surface area contributed by atoms with Gasteiger partial charge < -0.3 is 37.2 Å². The SMILES string of the molecule is CC(C)CN(C[C@@H](O)[C@H](Cc1ccccc1)NC(=O)[C@H](CCCN=C(N)N)NC(=O)OCc1ccccc1)S(=O)(=O)c1ccc(/C=N/O)cc1. The first kappa shape index (κ1) is 39.4. The molecular weight excluding hydrogens is 662 g/mol. The minimum Gasteiger partial charge on any atom is -0.445 e. The fraction of sp³-hybridized carbons (Fsp3) is 0.371. The van der Waals surface area contributed by atoms with E-state index in [0.29, 0.717) is 12.0 Å². The molecule has 0 aliphatic rings. The highest BCUT2D eigenvalue weighted by Gasteiger charge is 2.33. The van der Waals surface area contributed by atoms with Crippen molar-refractivity contribution in [3.05, 3.63) is 102 Å². The average Bonchev–Trinajstić information content (AvgIpc) is 3.09. The van der Waals surface area contributed by atoms with Crippen molar-refractivity contribution in [2.75, 3.05) is 19.6 Å². The fourth-order valence-corrected chi connectivity index (χ4v) is 6.69. The number of amides is 2. The van der Waals surface area contributed by atoms with E-state index in [1.165, 1.54) is 34.8 Å². The zero-order valence-corrected chi connectivity index (χ0v) is 29.1. The van der Waals surface area contributed by atoms with Crippen LogP contribution in [0, 0.1) is 5.92 Å². The number of aliphatic hydroxyl groups is 1. The molecule has 3 aromatic rings. The number of hydrogen-bond donors (Lipinski definition) is 6. The number of rotatable bonds is 19. The highest BCUT2D eigenvalue weighted by Crippen LogP contribution is 2.20. The van der Waals surface area contributed by atoms with E-state index in [9.17, 15) is 23.1 Å². The smallest absolute Gasteiger partial charge is 0.408 e. The van der Waals surface area contributed by atoms with E-state index in [2.05, 4.69) is 20.8 Å². The summed E-state index contributed by atoms with van der Waals surface area (Å²) in [6.07, 6.45) is -0.360. The Morgan fingerprint density at radius 1 is 0.920 bits per heavy atom. The molecule has 3 aromatic carbocycles. The monoisotopic (exact) mass is 709 g/mol. The van der Waals surface area contributed by atoms with Crippen LogP contribution >= 0.6 is 0 Å². The van der Waals surface area contributed by atoms with Gasteiger partial charge in [0.05, 0.1) is 23.3 Å². The first-order chi connectivity index (χ1) is 23.9. The van der Waals surface area contributed by atoms with Crippen molar-refractivity contribution in [2.24, 2.45) is 27.5 Å². The van der Waals surface area contributed by atoms with Crippen molar-refractivity contribution < 1.29 is 33.1 Å². The maximum absolute atomic E-state index is 13.8. The maximum atomic E-state index is 13.8. The molecule has 0 unspecified atom stereocenters. The second kappa shape index (κ2) is 19.9. The molecule has 2 amide bonds. The predicted octanol–water partition coefficient (Wildman–Crippen LogP) is 2.58. The molecule has 0 fully saturated rings. The number of nitrogens with two attached hydrogens (primary N) is 2. The third-order valence-electron chi connectivity index (χ3n) is 7.54. The van der Waals surface area contributed by atoms with Gasteiger partial charge in [0, 0.05) is 19.6 Å². The minimum absolute atomic E-state index is 0.0110. The second-order valence-electron chi connectivity index (χ2n) is 12.1. The standard InChI is InChI=1S/C35H47N7O7S/c1-25(2)22-42(50(47,48)29-17-15-27(16-18-29)21-39-46)23-32(43)31(20-26-10-5-3-6-11-26)40-33(44)30(14-9-19-38-34(36)37)41-35(45)49-24-28-12-7-4-8-13-28/h3-8,10-13,15-18,21,25,30-32,43,46H,9,14,19-20,22-24H2,1-2H3,(H,40,44)(H,41,45)(H4,36,37,38)/b39-21+/t30-,31-,32+/m0/s1. The third kappa shape index (κ3) is 13.1. The van der Waals surface area contributed by atoms with Gasteiger partial charge in [0.2, 0.25) is 15.9 Å². The van der Waals surface area contributed by atoms with Crippen LogP contribution in [-0.4, -0.2) is 85.0 Å². The van der Waals surface area contributed by atoms with Crippen LogP contribution in [0.15, 0.2) is 100.0 Å². The number of oxime groups is 1. The quantitative estimate of drug-likeness (QED) is 0.0353. The van der Waals surface area contributed by atoms with Crippen LogP contribution in [0.4, 0.5) is 4.79 Å². The minimum atomic E-state index is -4.09. The number of carbonyl (C=O) groups excluding carboxylic acids is 2. The van der Waals surface area contributed by atoms with Gasteiger partial charge in [0.15, 0.2) is 5.96 Å². The lowest BCUT2D eigenvalue weighted by atomic mass is 10.00. The van der Waals surface area contributed by atoms with Crippen LogP contribution in [0.2, 0.25) is 0 Å². The summed E-state index contributed by atoms with van der Waals surface area (Å²) < 4.78 is 34.2. The van der Waals surface area contributed by atoms with E-state index < -0.39 is 40.2 Å². The number of aliphatic hydroxyl groups excluding tert-OH is 1. The summed E-state index contributed by atoms with van der Waals surface area (Å²) in [5.74, 6) is -0.811. The second-order valence-corrected chi connectivity index (χ2v) is 14.0. The summed E-state index contributed by atoms with van der Waals surface area (Å²) in [6, 6.07) is 21.9. The molecule has 0 heterocycles. The predicted molar refractivity (Wildman–Crippen MR) is 191 cm³/mol. The van der Waals surface area contributed by atoms with Crippen LogP contribution in [-0.2, 0) is 32.6 Å². The summed E-state index contributed by atoms with van der Waals surface area (Å²) in [4.78, 5) is 30.6. The Bertz CT molecular complexity index is 1650. The van der Waals surface area contributed by atoms with Crippen molar-refractivity contribution in [1.82, 2.24) is 14.9 Å². The van der Waals surface area contributed by atoms with Crippen molar-refractivity contribution in [1.29, 1.82) is 0 Å². The van der Waals surface area contributed by atoms with Gasteiger partial charge in [-0.15, -0.1) is 0 Å². The Morgan fingerprint density at radius 3 is 2.12 bits per heavy atom. The Balaban J connectivity index is 1.85. The fourth-order valence-electron chi connectivity index (χ4n) is 5.07. The Kier molecular flexibility index (Phi) is 15.7. The van der Waals surface area contributed by atoms with Crippen LogP contribution in [0.5, 0.6) is 0 Å². The van der Waals surface area contributed by atoms with Crippen molar-refractivity contribution in [2.45, 2.75) is 62.8 Å². The van der Waals surface area contributed by atoms with Crippen LogP contribution < -0.4 is 22.1 Å². The number of ether oxygens (including phenoxy) is 1. The number of nitrogens with zero attached hydrogens (tertiary/aromatic N) is 3. The van der Waals surface area contributed by atoms with Gasteiger partial charge >= 0.3 is 6.09 Å². The number of guanidine groups is 1. The molecule has 0 spiro atoms. The van der Waals surface area contributed by atoms with Gasteiger partial charge in [0.1, 0.15) is 12.6 Å². The maximum Gasteiger partial charge on any atom is 0.408 e. The van der Waals surface area contributed by atoms with Gasteiger partial charge in [-0.1, -0.05) is 91.8 Å². The number of hydrogen-bond acceptors (Lipinski definition) is 9. The van der Waals surface area contributed by atoms with Crippen molar-refractivity contribution in [3.63, 3.8) is 0 Å². The van der Waals surface area contributed by atoms with E-state index in [1.54, 1.807) is 12.1 Å². The molecule has 0 aromatic heterocycles. The van der Waals surface area contributed by atoms with Crippen molar-refractivity contribution >= 4 is 34.2 Å². The topological polar surface area (TPSA) is 222 Å². The van der Waals surface area contributed by atoms with E-state index in [-0.39, 0.29) is 55.9 Å². The number of carbonyl (C=O) groups is 2. The molecule has 14 nitrogen and oxygen atoms in total. The van der Waals surface area contributed by atoms with E-state index in [4.69, 9.17) is 21.4 Å². The normalized spacial score (nSPS) is 13.5. The van der Waals surface area contributed by atoms with E-state index >= 15 is 0 Å². The highest BCUT2D eigenvalue weighted by atomic mass is 32.2. The molecule has 0 aliphatic carbocycles. The number of nitrogens with one attached hydrogen (secondary N) is 2. The third-order valence-corrected chi connectivity index (χ3v) is 9.39. The number of aliphatic imine (C=N–C) groups is 1. The zero-order chi connectivity index (χ0) is 36.5. The van der Waals surface area contributed by atoms with Gasteiger partial charge in [-0.2, -0.15) is 4.31 Å². The van der Waals surface area contributed by atoms with Crippen LogP contribution in [0.25, 0.3) is 0 Å². The molecular formula is C35H47N7O7S. The highest BCUT2D eigenvalue weighted by molar-refractivity contribution is 7.89. The molecule has 15 heteroatoms. The molecule has 8 N–H and O–H groups in total. The Labute approximate surface area is 293 Å². The molecule has 0 radical (unpaired) electrons. The van der Waals surface area contributed by atoms with E-state index in [0.717, 1.165) is 11.1 Å². The molecule has 0 saturated heterocycles. The Hall–Kier alpha value is -4.99. The number of alkyl carbamates (subject to hydrolysis) is 1. The zero-order valence-electron chi connectivity index (χ0n) is 28.3. The van der Waals surface area contributed by atoms with Gasteiger partial charge in [-0.25, -0.2) is 13.2 Å². The number of sulfonamides is 1. The van der Waals surface area contributed by atoms with Crippen molar-refractivity contribution in [3.8, 4) is 0 Å². The largest absolute Gasteiger partial charge is 0.445 e. The first-order valence-corrected chi connectivity index (χ1v) is 17.7. The number of benzene rings is 3. The lowest BCUT2D eigenvalue weighted by molar-refractivity contribution is -0.124. The molecule has 0 saturated carbocycles. The molecule has 3 atom stereocenters. The molecule has 0 aliphatic heterocycles. The van der Waals surface area contributed by atoms with Gasteiger partial charge in [-0.05, 0) is 54.0 Å². The van der Waals surface area contributed by atoms with Crippen LogP contribution in [0.1, 0.15) is 43.4 Å². The van der Waals surface area contributed by atoms with E-state index in [1.807, 2.05) is 62.4 Å². The van der Waals surface area contributed by atoms with Crippen LogP contribution in [0.3, 0.4) is 0 Å². The molecule has 270 valence electrons. The van der Waals surface area contributed by atoms with Gasteiger partial charge in [-0.3, -0.25) is 9.79 Å². The summed E-state index contributed by atoms with van der Waals surface area (Å²) in [7, 11) is -4.09. The lowest BCUT2D eigenvalue weighted by Gasteiger charge is -2.31. The summed E-state index contributed by atoms with van der Waals surface area (Å²) >= 11 is 0. The average molecular weight is 710 g/mol. The Morgan fingerprint density at radius 2 is 1.54 bits per heavy atom. The summed E-state index contributed by atoms with van der Waals surface area (Å²) in [5, 5.41) is 28.9. The summed E-state index contributed by atoms with van der Waals surface area (Å²) in [5.41, 5.74) is 12.9. The lowest BCUT2D eigenvalue weighted by Crippen LogP contribution is -2.55.